The maximum atomic E-state index is 13.1. The maximum Gasteiger partial charge on any atom is 0.451 e. The van der Waals surface area contributed by atoms with Crippen LogP contribution in [0.1, 0.15) is 50.6 Å². The fraction of sp³-hybridized carbons (Fsp3) is 0.346. The van der Waals surface area contributed by atoms with Crippen molar-refractivity contribution in [3.63, 3.8) is 0 Å². The molecule has 1 N–H and O–H groups in total. The van der Waals surface area contributed by atoms with Gasteiger partial charge in [0.05, 0.1) is 17.7 Å². The molecular formula is C26H27F3N6OS. The van der Waals surface area contributed by atoms with Crippen LogP contribution < -0.4 is 5.32 Å². The zero-order valence-corrected chi connectivity index (χ0v) is 21.5. The molecule has 0 aliphatic carbocycles. The number of hydrogen-bond donors (Lipinski definition) is 1. The van der Waals surface area contributed by atoms with Crippen molar-refractivity contribution in [2.45, 2.75) is 63.4 Å². The number of alkyl halides is 3. The molecule has 1 fully saturated rings. The van der Waals surface area contributed by atoms with E-state index in [9.17, 15) is 23.2 Å². The number of nitrogens with zero attached hydrogens (tertiary/aromatic N) is 5. The molecule has 1 aromatic carbocycles. The van der Waals surface area contributed by atoms with Crippen molar-refractivity contribution in [1.29, 1.82) is 5.26 Å². The lowest BCUT2D eigenvalue weighted by Gasteiger charge is -2.25. The second-order valence-electron chi connectivity index (χ2n) is 8.06. The molecule has 1 aliphatic heterocycles. The minimum Gasteiger partial charge on any atom is -0.351 e. The van der Waals surface area contributed by atoms with E-state index in [2.05, 4.69) is 33.3 Å². The minimum atomic E-state index is -4.63. The molecule has 0 bridgehead atoms. The van der Waals surface area contributed by atoms with Gasteiger partial charge >= 0.3 is 6.18 Å². The van der Waals surface area contributed by atoms with Crippen molar-refractivity contribution in [2.75, 3.05) is 0 Å². The summed E-state index contributed by atoms with van der Waals surface area (Å²) in [5.41, 5.74) is 1.83. The molecule has 3 heterocycles. The quantitative estimate of drug-likeness (QED) is 0.414. The summed E-state index contributed by atoms with van der Waals surface area (Å²) < 4.78 is 40.3. The number of halogens is 3. The van der Waals surface area contributed by atoms with Gasteiger partial charge in [-0.15, -0.1) is 0 Å². The van der Waals surface area contributed by atoms with E-state index in [-0.39, 0.29) is 24.5 Å². The first-order valence-corrected chi connectivity index (χ1v) is 12.6. The van der Waals surface area contributed by atoms with Crippen molar-refractivity contribution in [2.24, 2.45) is 0 Å². The van der Waals surface area contributed by atoms with Gasteiger partial charge in [0.15, 0.2) is 0 Å². The predicted molar refractivity (Wildman–Crippen MR) is 135 cm³/mol. The molecule has 2 atom stereocenters. The molecule has 0 radical (unpaired) electrons. The fourth-order valence-corrected chi connectivity index (χ4v) is 4.90. The van der Waals surface area contributed by atoms with Gasteiger partial charge in [-0.25, -0.2) is 19.3 Å². The molecule has 1 aliphatic rings. The Labute approximate surface area is 218 Å². The van der Waals surface area contributed by atoms with Gasteiger partial charge in [0.1, 0.15) is 5.03 Å². The summed E-state index contributed by atoms with van der Waals surface area (Å²) in [7, 11) is 0. The summed E-state index contributed by atoms with van der Waals surface area (Å²) in [5.74, 6) is -1.38. The van der Waals surface area contributed by atoms with Crippen LogP contribution in [0.25, 0.3) is 11.1 Å². The SMILES string of the molecule is CC.C[C@H]1CC[C@@H](C(=O)NCc2cc(-c3cnc(C(F)(F)F)nc3)ccc2C#N)N1Sc1ccccn1. The zero-order chi connectivity index (χ0) is 27.0. The Morgan fingerprint density at radius 1 is 1.14 bits per heavy atom. The number of rotatable bonds is 6. The Bertz CT molecular complexity index is 1230. The van der Waals surface area contributed by atoms with Gasteiger partial charge in [-0.05, 0) is 67.1 Å². The van der Waals surface area contributed by atoms with Gasteiger partial charge < -0.3 is 5.32 Å². The average molecular weight is 529 g/mol. The van der Waals surface area contributed by atoms with E-state index in [4.69, 9.17) is 0 Å². The van der Waals surface area contributed by atoms with E-state index >= 15 is 0 Å². The second-order valence-corrected chi connectivity index (χ2v) is 9.08. The minimum absolute atomic E-state index is 0.101. The van der Waals surface area contributed by atoms with Crippen molar-refractivity contribution >= 4 is 17.9 Å². The highest BCUT2D eigenvalue weighted by atomic mass is 32.2. The van der Waals surface area contributed by atoms with E-state index in [1.807, 2.05) is 36.4 Å². The second kappa shape index (κ2) is 12.7. The summed E-state index contributed by atoms with van der Waals surface area (Å²) in [5, 5.41) is 13.2. The van der Waals surface area contributed by atoms with Crippen molar-refractivity contribution < 1.29 is 18.0 Å². The third-order valence-corrected chi connectivity index (χ3v) is 6.91. The first kappa shape index (κ1) is 28.1. The van der Waals surface area contributed by atoms with E-state index in [0.29, 0.717) is 28.7 Å². The first-order valence-electron chi connectivity index (χ1n) is 11.8. The molecule has 0 saturated carbocycles. The van der Waals surface area contributed by atoms with Crippen molar-refractivity contribution in [1.82, 2.24) is 24.6 Å². The van der Waals surface area contributed by atoms with Gasteiger partial charge in [0, 0.05) is 36.7 Å². The Hall–Kier alpha value is -3.49. The summed E-state index contributed by atoms with van der Waals surface area (Å²) in [6, 6.07) is 12.4. The van der Waals surface area contributed by atoms with E-state index < -0.39 is 12.0 Å². The largest absolute Gasteiger partial charge is 0.451 e. The summed E-state index contributed by atoms with van der Waals surface area (Å²) in [6.45, 7) is 6.16. The molecule has 0 unspecified atom stereocenters. The van der Waals surface area contributed by atoms with Gasteiger partial charge in [-0.2, -0.15) is 18.4 Å². The molecule has 1 saturated heterocycles. The number of benzene rings is 1. The lowest BCUT2D eigenvalue weighted by molar-refractivity contribution is -0.145. The number of amides is 1. The van der Waals surface area contributed by atoms with Crippen LogP contribution in [0, 0.1) is 11.3 Å². The van der Waals surface area contributed by atoms with Crippen LogP contribution in [0.15, 0.2) is 60.0 Å². The molecule has 0 spiro atoms. The maximum absolute atomic E-state index is 13.1. The van der Waals surface area contributed by atoms with Crippen LogP contribution in [-0.2, 0) is 17.5 Å². The number of carbonyl (C=O) groups is 1. The topological polar surface area (TPSA) is 94.8 Å². The molecule has 37 heavy (non-hydrogen) atoms. The molecular weight excluding hydrogens is 501 g/mol. The van der Waals surface area contributed by atoms with E-state index in [1.165, 1.54) is 11.9 Å². The molecule has 7 nitrogen and oxygen atoms in total. The Morgan fingerprint density at radius 3 is 2.49 bits per heavy atom. The number of pyridine rings is 1. The van der Waals surface area contributed by atoms with Crippen LogP contribution in [0.3, 0.4) is 0 Å². The molecule has 11 heteroatoms. The summed E-state index contributed by atoms with van der Waals surface area (Å²) in [6.07, 6.45) is 0.819. The third kappa shape index (κ3) is 7.05. The Balaban J connectivity index is 0.00000186. The van der Waals surface area contributed by atoms with Crippen LogP contribution in [0.2, 0.25) is 0 Å². The lowest BCUT2D eigenvalue weighted by atomic mass is 10.0. The van der Waals surface area contributed by atoms with Gasteiger partial charge in [-0.1, -0.05) is 26.0 Å². The van der Waals surface area contributed by atoms with Crippen LogP contribution in [-0.4, -0.2) is 37.2 Å². The predicted octanol–water partition coefficient (Wildman–Crippen LogP) is 5.63. The highest BCUT2D eigenvalue weighted by Gasteiger charge is 2.37. The van der Waals surface area contributed by atoms with E-state index in [0.717, 1.165) is 23.8 Å². The van der Waals surface area contributed by atoms with Crippen LogP contribution in [0.4, 0.5) is 13.2 Å². The van der Waals surface area contributed by atoms with Gasteiger partial charge in [0.2, 0.25) is 11.7 Å². The number of nitriles is 1. The fourth-order valence-electron chi connectivity index (χ4n) is 3.82. The average Bonchev–Trinajstić information content (AvgIpc) is 3.28. The smallest absolute Gasteiger partial charge is 0.351 e. The molecule has 194 valence electrons. The summed E-state index contributed by atoms with van der Waals surface area (Å²) in [4.78, 5) is 24.2. The number of aromatic nitrogens is 3. The molecule has 1 amide bonds. The number of hydrogen-bond acceptors (Lipinski definition) is 7. The molecule has 4 rings (SSSR count). The molecule has 3 aromatic rings. The van der Waals surface area contributed by atoms with Crippen LogP contribution >= 0.6 is 11.9 Å². The van der Waals surface area contributed by atoms with Crippen molar-refractivity contribution in [3.05, 3.63) is 71.9 Å². The normalized spacial score (nSPS) is 17.4. The van der Waals surface area contributed by atoms with E-state index in [1.54, 1.807) is 24.4 Å². The van der Waals surface area contributed by atoms with Gasteiger partial charge in [-0.3, -0.25) is 4.79 Å². The Kier molecular flexibility index (Phi) is 9.60. The highest BCUT2D eigenvalue weighted by molar-refractivity contribution is 7.97. The van der Waals surface area contributed by atoms with Crippen LogP contribution in [0.5, 0.6) is 0 Å². The standard InChI is InChI=1S/C24H21F3N6OS.C2H6/c1-15-5-8-20(33(15)35-21-4-2-3-9-29-21)22(34)30-12-18-10-16(6-7-17(18)11-28)19-13-31-23(32-14-19)24(25,26)27;1-2/h2-4,6-7,9-10,13-15,20H,5,8,12H2,1H3,(H,30,34);1-2H3/t15-,20-;/m0./s1. The van der Waals surface area contributed by atoms with Gasteiger partial charge in [0.25, 0.3) is 0 Å². The van der Waals surface area contributed by atoms with Crippen molar-refractivity contribution in [3.8, 4) is 17.2 Å². The number of nitrogens with one attached hydrogen (secondary N) is 1. The Morgan fingerprint density at radius 2 is 1.86 bits per heavy atom. The lowest BCUT2D eigenvalue weighted by Crippen LogP contribution is -2.41. The monoisotopic (exact) mass is 528 g/mol. The summed E-state index contributed by atoms with van der Waals surface area (Å²) >= 11 is 1.44. The number of carbonyl (C=O) groups excluding carboxylic acids is 1. The molecule has 2 aromatic heterocycles. The third-order valence-electron chi connectivity index (χ3n) is 5.66. The highest BCUT2D eigenvalue weighted by Crippen LogP contribution is 2.34. The first-order chi connectivity index (χ1) is 17.8. The zero-order valence-electron chi connectivity index (χ0n) is 20.7.